The quantitative estimate of drug-likeness (QED) is 0.929. The first-order valence-corrected chi connectivity index (χ1v) is 6.03. The number of benzene rings is 1. The number of hydrogen-bond acceptors (Lipinski definition) is 3. The van der Waals surface area contributed by atoms with Crippen molar-refractivity contribution in [2.24, 2.45) is 5.73 Å². The molecule has 0 fully saturated rings. The highest BCUT2D eigenvalue weighted by Crippen LogP contribution is 2.23. The first kappa shape index (κ1) is 12.4. The van der Waals surface area contributed by atoms with Crippen molar-refractivity contribution in [1.82, 2.24) is 15.0 Å². The van der Waals surface area contributed by atoms with E-state index in [0.29, 0.717) is 16.6 Å². The molecule has 0 amide bonds. The Morgan fingerprint density at radius 3 is 2.82 bits per heavy atom. The summed E-state index contributed by atoms with van der Waals surface area (Å²) in [5.74, 6) is 0. The van der Waals surface area contributed by atoms with Crippen molar-refractivity contribution in [1.29, 1.82) is 0 Å². The van der Waals surface area contributed by atoms with Crippen molar-refractivity contribution >= 4 is 23.2 Å². The van der Waals surface area contributed by atoms with E-state index in [1.165, 1.54) is 0 Å². The van der Waals surface area contributed by atoms with Crippen molar-refractivity contribution in [3.05, 3.63) is 40.1 Å². The zero-order valence-corrected chi connectivity index (χ0v) is 10.6. The summed E-state index contributed by atoms with van der Waals surface area (Å²) in [6.07, 6.45) is 3.57. The summed E-state index contributed by atoms with van der Waals surface area (Å²) in [6.45, 7) is 0.647. The monoisotopic (exact) mass is 270 g/mol. The van der Waals surface area contributed by atoms with E-state index in [2.05, 4.69) is 10.3 Å². The molecule has 1 aromatic carbocycles. The van der Waals surface area contributed by atoms with Crippen LogP contribution in [-0.4, -0.2) is 21.5 Å². The van der Waals surface area contributed by atoms with Crippen molar-refractivity contribution in [3.63, 3.8) is 0 Å². The molecular weight excluding hydrogens is 259 g/mol. The summed E-state index contributed by atoms with van der Waals surface area (Å²) in [7, 11) is 0. The van der Waals surface area contributed by atoms with Crippen LogP contribution in [0.5, 0.6) is 0 Å². The Kier molecular flexibility index (Phi) is 3.99. The first-order chi connectivity index (χ1) is 8.20. The third-order valence-electron chi connectivity index (χ3n) is 2.33. The zero-order chi connectivity index (χ0) is 12.3. The number of aromatic nitrogens is 3. The van der Waals surface area contributed by atoms with Crippen molar-refractivity contribution < 1.29 is 0 Å². The van der Waals surface area contributed by atoms with E-state index in [0.717, 1.165) is 24.2 Å². The molecule has 17 heavy (non-hydrogen) atoms. The van der Waals surface area contributed by atoms with Gasteiger partial charge in [-0.25, -0.2) is 4.68 Å². The summed E-state index contributed by atoms with van der Waals surface area (Å²) in [5.41, 5.74) is 7.11. The van der Waals surface area contributed by atoms with Crippen LogP contribution in [0.4, 0.5) is 0 Å². The van der Waals surface area contributed by atoms with Gasteiger partial charge in [0, 0.05) is 5.02 Å². The predicted octanol–water partition coefficient (Wildman–Crippen LogP) is 2.47. The maximum Gasteiger partial charge on any atom is 0.0850 e. The SMILES string of the molecule is NCCCc1cn(-c2ccc(Cl)cc2Cl)nn1. The molecule has 0 atom stereocenters. The molecule has 2 rings (SSSR count). The molecule has 0 unspecified atom stereocenters. The topological polar surface area (TPSA) is 56.7 Å². The van der Waals surface area contributed by atoms with Crippen LogP contribution < -0.4 is 5.73 Å². The van der Waals surface area contributed by atoms with E-state index in [1.54, 1.807) is 16.8 Å². The van der Waals surface area contributed by atoms with E-state index < -0.39 is 0 Å². The Morgan fingerprint density at radius 1 is 1.29 bits per heavy atom. The maximum atomic E-state index is 6.08. The second-order valence-electron chi connectivity index (χ2n) is 3.64. The highest BCUT2D eigenvalue weighted by Gasteiger charge is 2.06. The zero-order valence-electron chi connectivity index (χ0n) is 9.11. The van der Waals surface area contributed by atoms with Gasteiger partial charge in [-0.3, -0.25) is 0 Å². The lowest BCUT2D eigenvalue weighted by atomic mass is 10.2. The fraction of sp³-hybridized carbons (Fsp3) is 0.273. The highest BCUT2D eigenvalue weighted by molar-refractivity contribution is 6.35. The lowest BCUT2D eigenvalue weighted by molar-refractivity contribution is 0.779. The summed E-state index contributed by atoms with van der Waals surface area (Å²) in [5, 5.41) is 9.24. The summed E-state index contributed by atoms with van der Waals surface area (Å²) < 4.78 is 1.64. The van der Waals surface area contributed by atoms with Gasteiger partial charge >= 0.3 is 0 Å². The minimum absolute atomic E-state index is 0.549. The summed E-state index contributed by atoms with van der Waals surface area (Å²) in [6, 6.07) is 5.26. The number of nitrogens with two attached hydrogens (primary N) is 1. The number of rotatable bonds is 4. The third kappa shape index (κ3) is 2.97. The van der Waals surface area contributed by atoms with Crippen molar-refractivity contribution in [2.45, 2.75) is 12.8 Å². The van der Waals surface area contributed by atoms with E-state index in [1.807, 2.05) is 12.3 Å². The lowest BCUT2D eigenvalue weighted by Gasteiger charge is -2.02. The van der Waals surface area contributed by atoms with Crippen molar-refractivity contribution in [2.75, 3.05) is 6.54 Å². The number of halogens is 2. The van der Waals surface area contributed by atoms with Crippen LogP contribution in [0.2, 0.25) is 10.0 Å². The molecule has 0 radical (unpaired) electrons. The van der Waals surface area contributed by atoms with Gasteiger partial charge in [-0.1, -0.05) is 28.4 Å². The molecule has 0 aliphatic heterocycles. The van der Waals surface area contributed by atoms with E-state index in [-0.39, 0.29) is 0 Å². The summed E-state index contributed by atoms with van der Waals surface area (Å²) in [4.78, 5) is 0. The van der Waals surface area contributed by atoms with E-state index in [9.17, 15) is 0 Å². The van der Waals surface area contributed by atoms with Gasteiger partial charge in [0.05, 0.1) is 22.6 Å². The van der Waals surface area contributed by atoms with Crippen LogP contribution in [0.25, 0.3) is 5.69 Å². The molecule has 0 aliphatic carbocycles. The first-order valence-electron chi connectivity index (χ1n) is 5.27. The fourth-order valence-electron chi connectivity index (χ4n) is 1.48. The second-order valence-corrected chi connectivity index (χ2v) is 4.49. The van der Waals surface area contributed by atoms with Gasteiger partial charge < -0.3 is 5.73 Å². The van der Waals surface area contributed by atoms with Crippen LogP contribution in [-0.2, 0) is 6.42 Å². The van der Waals surface area contributed by atoms with Gasteiger partial charge in [-0.05, 0) is 37.6 Å². The molecule has 0 bridgehead atoms. The van der Waals surface area contributed by atoms with E-state index >= 15 is 0 Å². The molecule has 4 nitrogen and oxygen atoms in total. The Labute approximate surface area is 109 Å². The lowest BCUT2D eigenvalue weighted by Crippen LogP contribution is -2.00. The van der Waals surface area contributed by atoms with Crippen molar-refractivity contribution in [3.8, 4) is 5.69 Å². The minimum Gasteiger partial charge on any atom is -0.330 e. The van der Waals surface area contributed by atoms with Crippen LogP contribution in [0.1, 0.15) is 12.1 Å². The predicted molar refractivity (Wildman–Crippen MR) is 68.8 cm³/mol. The van der Waals surface area contributed by atoms with E-state index in [4.69, 9.17) is 28.9 Å². The highest BCUT2D eigenvalue weighted by atomic mass is 35.5. The Bertz CT molecular complexity index is 510. The van der Waals surface area contributed by atoms with Crippen LogP contribution in [0, 0.1) is 0 Å². The van der Waals surface area contributed by atoms with Gasteiger partial charge in [0.15, 0.2) is 0 Å². The molecule has 6 heteroatoms. The third-order valence-corrected chi connectivity index (χ3v) is 2.87. The smallest absolute Gasteiger partial charge is 0.0850 e. The van der Waals surface area contributed by atoms with Gasteiger partial charge in [0.25, 0.3) is 0 Å². The molecular formula is C11H12Cl2N4. The molecule has 0 aliphatic rings. The molecule has 1 aromatic heterocycles. The average Bonchev–Trinajstić information content (AvgIpc) is 2.75. The number of hydrogen-bond donors (Lipinski definition) is 1. The summed E-state index contributed by atoms with van der Waals surface area (Å²) >= 11 is 11.9. The molecule has 0 spiro atoms. The fourth-order valence-corrected chi connectivity index (χ4v) is 1.98. The standard InChI is InChI=1S/C11H12Cl2N4/c12-8-3-4-11(10(13)6-8)17-7-9(15-16-17)2-1-5-14/h3-4,6-7H,1-2,5,14H2. The number of aryl methyl sites for hydroxylation is 1. The molecule has 2 N–H and O–H groups in total. The Balaban J connectivity index is 2.24. The minimum atomic E-state index is 0.549. The largest absolute Gasteiger partial charge is 0.330 e. The molecule has 90 valence electrons. The van der Waals surface area contributed by atoms with Crippen LogP contribution in [0.3, 0.4) is 0 Å². The molecule has 2 aromatic rings. The van der Waals surface area contributed by atoms with Gasteiger partial charge in [0.1, 0.15) is 0 Å². The molecule has 0 saturated carbocycles. The van der Waals surface area contributed by atoms with Gasteiger partial charge in [0.2, 0.25) is 0 Å². The Morgan fingerprint density at radius 2 is 2.12 bits per heavy atom. The number of nitrogens with zero attached hydrogens (tertiary/aromatic N) is 3. The van der Waals surface area contributed by atoms with Crippen LogP contribution in [0.15, 0.2) is 24.4 Å². The average molecular weight is 271 g/mol. The van der Waals surface area contributed by atoms with Gasteiger partial charge in [-0.2, -0.15) is 0 Å². The van der Waals surface area contributed by atoms with Gasteiger partial charge in [-0.15, -0.1) is 5.10 Å². The van der Waals surface area contributed by atoms with Crippen LogP contribution >= 0.6 is 23.2 Å². The normalized spacial score (nSPS) is 10.8. The second kappa shape index (κ2) is 5.49. The Hall–Kier alpha value is -1.10. The molecule has 0 saturated heterocycles. The maximum absolute atomic E-state index is 6.08. The molecule has 1 heterocycles.